The Kier molecular flexibility index (Phi) is 6.02. The van der Waals surface area contributed by atoms with Crippen LogP contribution in [0.3, 0.4) is 0 Å². The minimum absolute atomic E-state index is 0.0255. The van der Waals surface area contributed by atoms with E-state index in [1.54, 1.807) is 7.11 Å². The van der Waals surface area contributed by atoms with Crippen molar-refractivity contribution in [3.05, 3.63) is 29.8 Å². The predicted octanol–water partition coefficient (Wildman–Crippen LogP) is 2.16. The monoisotopic (exact) mass is 299 g/mol. The predicted molar refractivity (Wildman–Crippen MR) is 83.2 cm³/mol. The molecular weight excluding hydrogens is 274 g/mol. The van der Waals surface area contributed by atoms with Gasteiger partial charge in [0.05, 0.1) is 12.4 Å². The summed E-state index contributed by atoms with van der Waals surface area (Å²) >= 11 is 0. The molecule has 0 saturated carbocycles. The van der Waals surface area contributed by atoms with Crippen LogP contribution < -0.4 is 4.74 Å². The van der Waals surface area contributed by atoms with Crippen LogP contribution in [-0.2, 0) is 9.84 Å². The Hall–Kier alpha value is -1.07. The van der Waals surface area contributed by atoms with E-state index >= 15 is 0 Å². The van der Waals surface area contributed by atoms with Crippen molar-refractivity contribution in [3.63, 3.8) is 0 Å². The maximum Gasteiger partial charge on any atom is 0.152 e. The smallest absolute Gasteiger partial charge is 0.152 e. The number of ether oxygens (including phenoxy) is 1. The molecule has 0 radical (unpaired) electrons. The highest BCUT2D eigenvalue weighted by Gasteiger charge is 2.31. The molecule has 0 amide bonds. The number of rotatable bonds is 7. The van der Waals surface area contributed by atoms with Crippen molar-refractivity contribution in [2.45, 2.75) is 24.5 Å². The van der Waals surface area contributed by atoms with Crippen LogP contribution in [0.25, 0.3) is 0 Å². The van der Waals surface area contributed by atoms with Gasteiger partial charge in [-0.2, -0.15) is 0 Å². The quantitative estimate of drug-likeness (QED) is 0.774. The molecule has 0 bridgehead atoms. The number of benzene rings is 1. The fourth-order valence-electron chi connectivity index (χ4n) is 2.51. The fourth-order valence-corrected chi connectivity index (χ4v) is 4.02. The molecule has 0 heterocycles. The lowest BCUT2D eigenvalue weighted by Gasteiger charge is -2.28. The van der Waals surface area contributed by atoms with Gasteiger partial charge in [0, 0.05) is 18.7 Å². The maximum atomic E-state index is 12.1. The molecule has 5 heteroatoms. The Morgan fingerprint density at radius 3 is 2.40 bits per heavy atom. The largest absolute Gasteiger partial charge is 0.497 e. The van der Waals surface area contributed by atoms with Gasteiger partial charge in [-0.25, -0.2) is 8.42 Å². The number of methoxy groups -OCH3 is 1. The lowest BCUT2D eigenvalue weighted by Crippen LogP contribution is -2.37. The van der Waals surface area contributed by atoms with Crippen LogP contribution in [0.4, 0.5) is 0 Å². The Balaban J connectivity index is 3.18. The third-order valence-corrected chi connectivity index (χ3v) is 5.08. The summed E-state index contributed by atoms with van der Waals surface area (Å²) in [5, 5.41) is -0.408. The van der Waals surface area contributed by atoms with Crippen molar-refractivity contribution in [2.75, 3.05) is 34.0 Å². The summed E-state index contributed by atoms with van der Waals surface area (Å²) < 4.78 is 29.5. The first-order valence-corrected chi connectivity index (χ1v) is 8.72. The molecule has 20 heavy (non-hydrogen) atoms. The molecule has 0 fully saturated rings. The normalized spacial score (nSPS) is 15.1. The topological polar surface area (TPSA) is 46.6 Å². The second-order valence-electron chi connectivity index (χ2n) is 5.42. The summed E-state index contributed by atoms with van der Waals surface area (Å²) in [7, 11) is 2.30. The van der Waals surface area contributed by atoms with E-state index in [0.717, 1.165) is 17.7 Å². The van der Waals surface area contributed by atoms with Gasteiger partial charge in [-0.1, -0.05) is 19.1 Å². The number of sulfone groups is 1. The molecule has 2 atom stereocenters. The van der Waals surface area contributed by atoms with Crippen molar-refractivity contribution in [2.24, 2.45) is 0 Å². The van der Waals surface area contributed by atoms with Gasteiger partial charge in [-0.3, -0.25) is 0 Å². The van der Waals surface area contributed by atoms with Crippen LogP contribution >= 0.6 is 0 Å². The fraction of sp³-hybridized carbons (Fsp3) is 0.600. The Bertz CT molecular complexity index is 526. The van der Waals surface area contributed by atoms with E-state index in [1.807, 2.05) is 50.2 Å². The van der Waals surface area contributed by atoms with Crippen LogP contribution in [0, 0.1) is 0 Å². The SMILES string of the molecule is CCC(c1cccc(OC)c1)C(CN(C)C)S(C)(=O)=O. The minimum Gasteiger partial charge on any atom is -0.497 e. The highest BCUT2D eigenvalue weighted by atomic mass is 32.2. The standard InChI is InChI=1S/C15H25NO3S/c1-6-14(12-8-7-9-13(10-12)19-4)15(11-16(2)3)20(5,17)18/h7-10,14-15H,6,11H2,1-5H3. The van der Waals surface area contributed by atoms with Crippen LogP contribution in [-0.4, -0.2) is 52.6 Å². The van der Waals surface area contributed by atoms with Crippen molar-refractivity contribution in [1.29, 1.82) is 0 Å². The Labute approximate surface area is 122 Å². The zero-order chi connectivity index (χ0) is 15.3. The lowest BCUT2D eigenvalue weighted by atomic mass is 9.92. The first kappa shape index (κ1) is 17.0. The molecule has 0 N–H and O–H groups in total. The van der Waals surface area contributed by atoms with Crippen molar-refractivity contribution < 1.29 is 13.2 Å². The molecule has 1 aromatic rings. The number of hydrogen-bond acceptors (Lipinski definition) is 4. The highest BCUT2D eigenvalue weighted by Crippen LogP contribution is 2.30. The van der Waals surface area contributed by atoms with Gasteiger partial charge in [-0.05, 0) is 38.2 Å². The molecule has 1 rings (SSSR count). The molecule has 0 aromatic heterocycles. The second kappa shape index (κ2) is 7.09. The number of hydrogen-bond donors (Lipinski definition) is 0. The van der Waals surface area contributed by atoms with Crippen LogP contribution in [0.15, 0.2) is 24.3 Å². The summed E-state index contributed by atoms with van der Waals surface area (Å²) in [6.45, 7) is 2.55. The summed E-state index contributed by atoms with van der Waals surface area (Å²) in [6.07, 6.45) is 2.10. The van der Waals surface area contributed by atoms with E-state index in [2.05, 4.69) is 0 Å². The Morgan fingerprint density at radius 1 is 1.30 bits per heavy atom. The van der Waals surface area contributed by atoms with Crippen LogP contribution in [0.1, 0.15) is 24.8 Å². The summed E-state index contributed by atoms with van der Waals surface area (Å²) in [4.78, 5) is 1.93. The summed E-state index contributed by atoms with van der Waals surface area (Å²) in [6, 6.07) is 7.69. The van der Waals surface area contributed by atoms with Gasteiger partial charge in [0.2, 0.25) is 0 Å². The van der Waals surface area contributed by atoms with E-state index in [1.165, 1.54) is 6.26 Å². The van der Waals surface area contributed by atoms with E-state index in [4.69, 9.17) is 4.74 Å². The molecule has 0 spiro atoms. The van der Waals surface area contributed by atoms with Crippen LogP contribution in [0.2, 0.25) is 0 Å². The average molecular weight is 299 g/mol. The minimum atomic E-state index is -3.12. The molecule has 4 nitrogen and oxygen atoms in total. The number of nitrogens with zero attached hydrogens (tertiary/aromatic N) is 1. The molecule has 2 unspecified atom stereocenters. The third-order valence-electron chi connectivity index (χ3n) is 3.51. The van der Waals surface area contributed by atoms with Crippen molar-refractivity contribution >= 4 is 9.84 Å². The summed E-state index contributed by atoms with van der Waals surface area (Å²) in [5.74, 6) is 0.737. The van der Waals surface area contributed by atoms with Gasteiger partial charge in [0.25, 0.3) is 0 Å². The van der Waals surface area contributed by atoms with Gasteiger partial charge in [-0.15, -0.1) is 0 Å². The molecule has 0 aliphatic carbocycles. The average Bonchev–Trinajstić information content (AvgIpc) is 2.37. The molecular formula is C15H25NO3S. The van der Waals surface area contributed by atoms with Gasteiger partial charge in [0.1, 0.15) is 5.75 Å². The first-order valence-electron chi connectivity index (χ1n) is 6.77. The third kappa shape index (κ3) is 4.49. The maximum absolute atomic E-state index is 12.1. The van der Waals surface area contributed by atoms with E-state index in [9.17, 15) is 8.42 Å². The first-order chi connectivity index (χ1) is 9.29. The van der Waals surface area contributed by atoms with Crippen molar-refractivity contribution in [3.8, 4) is 5.75 Å². The molecule has 114 valence electrons. The zero-order valence-corrected chi connectivity index (χ0v) is 13.8. The zero-order valence-electron chi connectivity index (χ0n) is 13.0. The van der Waals surface area contributed by atoms with Gasteiger partial charge < -0.3 is 9.64 Å². The van der Waals surface area contributed by atoms with Gasteiger partial charge >= 0.3 is 0 Å². The lowest BCUT2D eigenvalue weighted by molar-refractivity contribution is 0.375. The van der Waals surface area contributed by atoms with E-state index in [0.29, 0.717) is 6.54 Å². The summed E-state index contributed by atoms with van der Waals surface area (Å²) in [5.41, 5.74) is 1.02. The molecule has 1 aromatic carbocycles. The Morgan fingerprint density at radius 2 is 1.95 bits per heavy atom. The molecule has 0 aliphatic heterocycles. The highest BCUT2D eigenvalue weighted by molar-refractivity contribution is 7.91. The molecule has 0 aliphatic rings. The molecule has 0 saturated heterocycles. The van der Waals surface area contributed by atoms with E-state index < -0.39 is 15.1 Å². The van der Waals surface area contributed by atoms with E-state index in [-0.39, 0.29) is 5.92 Å². The van der Waals surface area contributed by atoms with Gasteiger partial charge in [0.15, 0.2) is 9.84 Å². The van der Waals surface area contributed by atoms with Crippen LogP contribution in [0.5, 0.6) is 5.75 Å². The second-order valence-corrected chi connectivity index (χ2v) is 7.69. The van der Waals surface area contributed by atoms with Crippen molar-refractivity contribution in [1.82, 2.24) is 4.90 Å².